The largest absolute Gasteiger partial charge is 0.508 e. The topological polar surface area (TPSA) is 86.9 Å². The van der Waals surface area contributed by atoms with Crippen molar-refractivity contribution in [3.63, 3.8) is 0 Å². The minimum Gasteiger partial charge on any atom is -0.508 e. The Morgan fingerprint density at radius 3 is 2.08 bits per heavy atom. The second kappa shape index (κ2) is 6.84. The van der Waals surface area contributed by atoms with Gasteiger partial charge in [0, 0.05) is 43.0 Å². The average molecular weight is 339 g/mol. The van der Waals surface area contributed by atoms with E-state index >= 15 is 0 Å². The highest BCUT2D eigenvalue weighted by Crippen LogP contribution is 2.18. The molecule has 3 N–H and O–H groups in total. The molecule has 6 nitrogen and oxygen atoms in total. The maximum atomic E-state index is 12.7. The number of phenols is 1. The van der Waals surface area contributed by atoms with Gasteiger partial charge in [0.25, 0.3) is 11.8 Å². The van der Waals surface area contributed by atoms with Crippen LogP contribution >= 0.6 is 0 Å². The lowest BCUT2D eigenvalue weighted by Gasteiger charge is -2.35. The Hall–Kier alpha value is -3.02. The highest BCUT2D eigenvalue weighted by atomic mass is 16.3. The Morgan fingerprint density at radius 1 is 0.920 bits per heavy atom. The number of rotatable bonds is 2. The van der Waals surface area contributed by atoms with Crippen molar-refractivity contribution in [1.82, 2.24) is 9.80 Å². The molecule has 130 valence electrons. The van der Waals surface area contributed by atoms with Crippen molar-refractivity contribution in [1.29, 1.82) is 0 Å². The number of aromatic hydroxyl groups is 1. The molecule has 0 aromatic heterocycles. The molecule has 2 aromatic carbocycles. The van der Waals surface area contributed by atoms with Crippen LogP contribution in [0.2, 0.25) is 0 Å². The van der Waals surface area contributed by atoms with Crippen LogP contribution in [0.25, 0.3) is 0 Å². The van der Waals surface area contributed by atoms with Gasteiger partial charge in [-0.3, -0.25) is 9.59 Å². The number of carbonyl (C=O) groups is 2. The summed E-state index contributed by atoms with van der Waals surface area (Å²) >= 11 is 0. The molecule has 2 amide bonds. The summed E-state index contributed by atoms with van der Waals surface area (Å²) in [4.78, 5) is 28.7. The number of anilines is 1. The predicted octanol–water partition coefficient (Wildman–Crippen LogP) is 1.88. The fourth-order valence-electron chi connectivity index (χ4n) is 2.94. The van der Waals surface area contributed by atoms with Crippen molar-refractivity contribution in [3.8, 4) is 5.75 Å². The van der Waals surface area contributed by atoms with E-state index in [1.54, 1.807) is 34.1 Å². The number of nitrogen functional groups attached to an aromatic ring is 1. The quantitative estimate of drug-likeness (QED) is 0.818. The zero-order valence-corrected chi connectivity index (χ0v) is 14.1. The number of nitrogens with two attached hydrogens (primary N) is 1. The van der Waals surface area contributed by atoms with Crippen LogP contribution < -0.4 is 5.73 Å². The van der Waals surface area contributed by atoms with Gasteiger partial charge in [-0.05, 0) is 48.9 Å². The number of aryl methyl sites for hydroxylation is 1. The highest BCUT2D eigenvalue weighted by Gasteiger charge is 2.26. The molecule has 25 heavy (non-hydrogen) atoms. The number of phenolic OH excluding ortho intramolecular Hbond substituents is 1. The fraction of sp³-hybridized carbons (Fsp3) is 0.263. The third-order valence-electron chi connectivity index (χ3n) is 4.46. The minimum absolute atomic E-state index is 0.0541. The van der Waals surface area contributed by atoms with Gasteiger partial charge in [-0.15, -0.1) is 0 Å². The van der Waals surface area contributed by atoms with Crippen LogP contribution in [0.4, 0.5) is 5.69 Å². The molecule has 1 saturated heterocycles. The van der Waals surface area contributed by atoms with E-state index in [0.29, 0.717) is 43.0 Å². The van der Waals surface area contributed by atoms with Crippen LogP contribution in [0.3, 0.4) is 0 Å². The lowest BCUT2D eigenvalue weighted by Crippen LogP contribution is -2.50. The van der Waals surface area contributed by atoms with Gasteiger partial charge in [0.15, 0.2) is 0 Å². The van der Waals surface area contributed by atoms with Crippen molar-refractivity contribution < 1.29 is 14.7 Å². The Labute approximate surface area is 146 Å². The first-order chi connectivity index (χ1) is 12.0. The molecule has 0 spiro atoms. The molecule has 1 aliphatic heterocycles. The van der Waals surface area contributed by atoms with Crippen LogP contribution in [0.1, 0.15) is 26.3 Å². The molecule has 0 atom stereocenters. The number of nitrogens with zero attached hydrogens (tertiary/aromatic N) is 2. The first kappa shape index (κ1) is 16.8. The summed E-state index contributed by atoms with van der Waals surface area (Å²) in [5, 5.41) is 9.32. The van der Waals surface area contributed by atoms with E-state index < -0.39 is 0 Å². The molecule has 0 unspecified atom stereocenters. The molecule has 3 rings (SSSR count). The predicted molar refractivity (Wildman–Crippen MR) is 95.5 cm³/mol. The van der Waals surface area contributed by atoms with E-state index in [-0.39, 0.29) is 17.6 Å². The van der Waals surface area contributed by atoms with Gasteiger partial charge >= 0.3 is 0 Å². The Bertz CT molecular complexity index is 794. The molecule has 1 heterocycles. The van der Waals surface area contributed by atoms with Crippen molar-refractivity contribution in [2.45, 2.75) is 6.92 Å². The standard InChI is InChI=1S/C19H21N3O3/c1-13-2-5-15(20)12-17(13)19(25)22-10-8-21(9-11-22)18(24)14-3-6-16(23)7-4-14/h2-7,12,23H,8-11,20H2,1H3. The van der Waals surface area contributed by atoms with Crippen LogP contribution in [-0.2, 0) is 0 Å². The first-order valence-corrected chi connectivity index (χ1v) is 8.19. The van der Waals surface area contributed by atoms with E-state index in [9.17, 15) is 14.7 Å². The zero-order chi connectivity index (χ0) is 18.0. The van der Waals surface area contributed by atoms with E-state index in [1.807, 2.05) is 13.0 Å². The smallest absolute Gasteiger partial charge is 0.254 e. The number of hydrogen-bond donors (Lipinski definition) is 2. The van der Waals surface area contributed by atoms with Gasteiger partial charge in [0.2, 0.25) is 0 Å². The minimum atomic E-state index is -0.0905. The lowest BCUT2D eigenvalue weighted by molar-refractivity contribution is 0.0535. The van der Waals surface area contributed by atoms with Crippen molar-refractivity contribution in [2.24, 2.45) is 0 Å². The van der Waals surface area contributed by atoms with Gasteiger partial charge in [0.1, 0.15) is 5.75 Å². The second-order valence-corrected chi connectivity index (χ2v) is 6.21. The molecule has 0 saturated carbocycles. The van der Waals surface area contributed by atoms with E-state index in [4.69, 9.17) is 5.73 Å². The number of carbonyl (C=O) groups excluding carboxylic acids is 2. The SMILES string of the molecule is Cc1ccc(N)cc1C(=O)N1CCN(C(=O)c2ccc(O)cc2)CC1. The highest BCUT2D eigenvalue weighted by molar-refractivity contribution is 5.97. The third-order valence-corrected chi connectivity index (χ3v) is 4.46. The molecule has 6 heteroatoms. The Balaban J connectivity index is 1.65. The molecule has 1 fully saturated rings. The summed E-state index contributed by atoms with van der Waals surface area (Å²) in [7, 11) is 0. The van der Waals surface area contributed by atoms with Crippen LogP contribution in [0.15, 0.2) is 42.5 Å². The summed E-state index contributed by atoms with van der Waals surface area (Å²) in [6.45, 7) is 3.81. The number of piperazine rings is 1. The van der Waals surface area contributed by atoms with Crippen molar-refractivity contribution in [3.05, 3.63) is 59.2 Å². The summed E-state index contributed by atoms with van der Waals surface area (Å²) in [5.41, 5.74) is 8.39. The van der Waals surface area contributed by atoms with Gasteiger partial charge in [-0.1, -0.05) is 6.07 Å². The summed E-state index contributed by atoms with van der Waals surface area (Å²) in [6.07, 6.45) is 0. The Kier molecular flexibility index (Phi) is 4.61. The van der Waals surface area contributed by atoms with Crippen molar-refractivity contribution in [2.75, 3.05) is 31.9 Å². The molecule has 0 radical (unpaired) electrons. The van der Waals surface area contributed by atoms with E-state index in [2.05, 4.69) is 0 Å². The number of amides is 2. The molecule has 1 aliphatic rings. The van der Waals surface area contributed by atoms with Crippen molar-refractivity contribution >= 4 is 17.5 Å². The van der Waals surface area contributed by atoms with Crippen LogP contribution in [-0.4, -0.2) is 52.9 Å². The summed E-state index contributed by atoms with van der Waals surface area (Å²) < 4.78 is 0. The maximum Gasteiger partial charge on any atom is 0.254 e. The van der Waals surface area contributed by atoms with Crippen LogP contribution in [0.5, 0.6) is 5.75 Å². The lowest BCUT2D eigenvalue weighted by atomic mass is 10.1. The Morgan fingerprint density at radius 2 is 1.48 bits per heavy atom. The summed E-state index contributed by atoms with van der Waals surface area (Å²) in [5.74, 6) is -0.0155. The molecular weight excluding hydrogens is 318 g/mol. The average Bonchev–Trinajstić information content (AvgIpc) is 2.63. The van der Waals surface area contributed by atoms with Gasteiger partial charge in [0.05, 0.1) is 0 Å². The normalized spacial score (nSPS) is 14.4. The second-order valence-electron chi connectivity index (χ2n) is 6.21. The van der Waals surface area contributed by atoms with Crippen LogP contribution in [0, 0.1) is 6.92 Å². The third kappa shape index (κ3) is 3.57. The summed E-state index contributed by atoms with van der Waals surface area (Å²) in [6, 6.07) is 11.5. The molecule has 0 aliphatic carbocycles. The molecule has 2 aromatic rings. The maximum absolute atomic E-state index is 12.7. The molecular formula is C19H21N3O3. The van der Waals surface area contributed by atoms with E-state index in [0.717, 1.165) is 5.56 Å². The first-order valence-electron chi connectivity index (χ1n) is 8.19. The monoisotopic (exact) mass is 339 g/mol. The van der Waals surface area contributed by atoms with Gasteiger partial charge in [-0.2, -0.15) is 0 Å². The van der Waals surface area contributed by atoms with E-state index in [1.165, 1.54) is 12.1 Å². The molecule has 0 bridgehead atoms. The number of benzene rings is 2. The number of hydrogen-bond acceptors (Lipinski definition) is 4. The van der Waals surface area contributed by atoms with Gasteiger partial charge < -0.3 is 20.6 Å². The van der Waals surface area contributed by atoms with Gasteiger partial charge in [-0.25, -0.2) is 0 Å². The zero-order valence-electron chi connectivity index (χ0n) is 14.1. The fourth-order valence-corrected chi connectivity index (χ4v) is 2.94.